The molecule has 1 heterocycles. The van der Waals surface area contributed by atoms with Crippen LogP contribution in [0.4, 0.5) is 0 Å². The number of aryl methyl sites for hydroxylation is 1. The van der Waals surface area contributed by atoms with Crippen LogP contribution in [0.5, 0.6) is 0 Å². The first-order chi connectivity index (χ1) is 9.61. The van der Waals surface area contributed by atoms with E-state index >= 15 is 0 Å². The summed E-state index contributed by atoms with van der Waals surface area (Å²) in [6.45, 7) is 7.93. The second-order valence-corrected chi connectivity index (χ2v) is 6.84. The molecule has 1 saturated carbocycles. The SMILES string of the molecule is CCn1ccnc1CC(NC)C1(CC(C)C)CCCC1. The maximum absolute atomic E-state index is 4.58. The number of hydrogen-bond acceptors (Lipinski definition) is 2. The molecule has 3 nitrogen and oxygen atoms in total. The van der Waals surface area contributed by atoms with Gasteiger partial charge in [-0.05, 0) is 44.6 Å². The van der Waals surface area contributed by atoms with Gasteiger partial charge in [-0.3, -0.25) is 0 Å². The van der Waals surface area contributed by atoms with E-state index in [1.807, 2.05) is 6.20 Å². The number of likely N-dealkylation sites (N-methyl/N-ethyl adjacent to an activating group) is 1. The number of aromatic nitrogens is 2. The second kappa shape index (κ2) is 6.75. The maximum atomic E-state index is 4.58. The zero-order valence-corrected chi connectivity index (χ0v) is 13.7. The predicted octanol–water partition coefficient (Wildman–Crippen LogP) is 3.64. The summed E-state index contributed by atoms with van der Waals surface area (Å²) in [5.41, 5.74) is 0.480. The van der Waals surface area contributed by atoms with E-state index in [0.717, 1.165) is 18.9 Å². The summed E-state index contributed by atoms with van der Waals surface area (Å²) in [6.07, 6.45) is 12.0. The summed E-state index contributed by atoms with van der Waals surface area (Å²) in [5, 5.41) is 3.63. The van der Waals surface area contributed by atoms with Crippen molar-refractivity contribution in [1.29, 1.82) is 0 Å². The molecule has 0 radical (unpaired) electrons. The van der Waals surface area contributed by atoms with E-state index in [2.05, 4.69) is 48.9 Å². The van der Waals surface area contributed by atoms with Crippen molar-refractivity contribution in [3.05, 3.63) is 18.2 Å². The Morgan fingerprint density at radius 3 is 2.60 bits per heavy atom. The van der Waals surface area contributed by atoms with Crippen molar-refractivity contribution >= 4 is 0 Å². The quantitative estimate of drug-likeness (QED) is 0.824. The summed E-state index contributed by atoms with van der Waals surface area (Å²) in [6, 6.07) is 0.556. The summed E-state index contributed by atoms with van der Waals surface area (Å²) in [4.78, 5) is 4.58. The Kier molecular flexibility index (Phi) is 5.25. The van der Waals surface area contributed by atoms with Gasteiger partial charge in [-0.15, -0.1) is 0 Å². The van der Waals surface area contributed by atoms with Crippen molar-refractivity contribution in [1.82, 2.24) is 14.9 Å². The molecule has 0 aromatic carbocycles. The molecule has 1 aromatic rings. The van der Waals surface area contributed by atoms with E-state index in [1.54, 1.807) is 0 Å². The fourth-order valence-electron chi connectivity index (χ4n) is 4.21. The molecule has 0 spiro atoms. The molecule has 1 aromatic heterocycles. The molecule has 20 heavy (non-hydrogen) atoms. The van der Waals surface area contributed by atoms with E-state index in [0.29, 0.717) is 11.5 Å². The van der Waals surface area contributed by atoms with Crippen LogP contribution in [-0.4, -0.2) is 22.6 Å². The standard InChI is InChI=1S/C17H31N3/c1-5-20-11-10-19-16(20)12-15(18-4)17(13-14(2)3)8-6-7-9-17/h10-11,14-15,18H,5-9,12-13H2,1-4H3. The van der Waals surface area contributed by atoms with Gasteiger partial charge in [0.15, 0.2) is 0 Å². The first-order valence-corrected chi connectivity index (χ1v) is 8.28. The average Bonchev–Trinajstić information content (AvgIpc) is 3.04. The third-order valence-electron chi connectivity index (χ3n) is 5.03. The van der Waals surface area contributed by atoms with Crippen LogP contribution in [0, 0.1) is 11.3 Å². The molecule has 1 aliphatic rings. The van der Waals surface area contributed by atoms with E-state index in [1.165, 1.54) is 37.9 Å². The number of hydrogen-bond donors (Lipinski definition) is 1. The number of nitrogens with one attached hydrogen (secondary N) is 1. The van der Waals surface area contributed by atoms with Gasteiger partial charge in [-0.2, -0.15) is 0 Å². The molecule has 0 saturated heterocycles. The van der Waals surface area contributed by atoms with Crippen molar-refractivity contribution < 1.29 is 0 Å². The second-order valence-electron chi connectivity index (χ2n) is 6.84. The first-order valence-electron chi connectivity index (χ1n) is 8.28. The van der Waals surface area contributed by atoms with Crippen LogP contribution >= 0.6 is 0 Å². The van der Waals surface area contributed by atoms with Gasteiger partial charge in [0.1, 0.15) is 5.82 Å². The average molecular weight is 277 g/mol. The Morgan fingerprint density at radius 2 is 2.05 bits per heavy atom. The highest BCUT2D eigenvalue weighted by Gasteiger charge is 2.41. The van der Waals surface area contributed by atoms with E-state index in [4.69, 9.17) is 0 Å². The van der Waals surface area contributed by atoms with Crippen LogP contribution < -0.4 is 5.32 Å². The van der Waals surface area contributed by atoms with Crippen molar-refractivity contribution in [3.63, 3.8) is 0 Å². The Labute approximate surface area is 124 Å². The molecular formula is C17H31N3. The fraction of sp³-hybridized carbons (Fsp3) is 0.824. The Bertz CT molecular complexity index is 402. The van der Waals surface area contributed by atoms with E-state index < -0.39 is 0 Å². The summed E-state index contributed by atoms with van der Waals surface area (Å²) in [7, 11) is 2.13. The largest absolute Gasteiger partial charge is 0.335 e. The van der Waals surface area contributed by atoms with Crippen LogP contribution in [0.25, 0.3) is 0 Å². The molecule has 1 atom stereocenters. The van der Waals surface area contributed by atoms with Crippen LogP contribution in [0.15, 0.2) is 12.4 Å². The molecule has 1 N–H and O–H groups in total. The lowest BCUT2D eigenvalue weighted by Gasteiger charge is -2.39. The number of nitrogens with zero attached hydrogens (tertiary/aromatic N) is 2. The minimum atomic E-state index is 0.480. The Hall–Kier alpha value is -0.830. The minimum absolute atomic E-state index is 0.480. The monoisotopic (exact) mass is 277 g/mol. The molecule has 114 valence electrons. The third-order valence-corrected chi connectivity index (χ3v) is 5.03. The molecule has 2 rings (SSSR count). The fourth-order valence-corrected chi connectivity index (χ4v) is 4.21. The van der Waals surface area contributed by atoms with Gasteiger partial charge in [-0.1, -0.05) is 26.7 Å². The van der Waals surface area contributed by atoms with Gasteiger partial charge in [0.2, 0.25) is 0 Å². The molecule has 0 aliphatic heterocycles. The van der Waals surface area contributed by atoms with Gasteiger partial charge in [0.25, 0.3) is 0 Å². The molecular weight excluding hydrogens is 246 g/mol. The molecule has 0 bridgehead atoms. The lowest BCUT2D eigenvalue weighted by atomic mass is 9.71. The van der Waals surface area contributed by atoms with Crippen LogP contribution in [0.2, 0.25) is 0 Å². The summed E-state index contributed by atoms with van der Waals surface area (Å²) >= 11 is 0. The highest BCUT2D eigenvalue weighted by molar-refractivity contribution is 5.02. The zero-order valence-electron chi connectivity index (χ0n) is 13.7. The molecule has 3 heteroatoms. The van der Waals surface area contributed by atoms with E-state index in [-0.39, 0.29) is 0 Å². The number of rotatable bonds is 7. The van der Waals surface area contributed by atoms with Crippen molar-refractivity contribution in [2.45, 2.75) is 71.9 Å². The van der Waals surface area contributed by atoms with Gasteiger partial charge >= 0.3 is 0 Å². The van der Waals surface area contributed by atoms with E-state index in [9.17, 15) is 0 Å². The number of imidazole rings is 1. The lowest BCUT2D eigenvalue weighted by molar-refractivity contribution is 0.158. The van der Waals surface area contributed by atoms with Crippen LogP contribution in [0.3, 0.4) is 0 Å². The molecule has 1 unspecified atom stereocenters. The smallest absolute Gasteiger partial charge is 0.110 e. The van der Waals surface area contributed by atoms with Crippen molar-refractivity contribution in [2.24, 2.45) is 11.3 Å². The zero-order chi connectivity index (χ0) is 14.6. The Morgan fingerprint density at radius 1 is 1.35 bits per heavy atom. The van der Waals surface area contributed by atoms with Crippen molar-refractivity contribution in [2.75, 3.05) is 7.05 Å². The molecule has 1 aliphatic carbocycles. The third kappa shape index (κ3) is 3.25. The Balaban J connectivity index is 2.16. The predicted molar refractivity (Wildman–Crippen MR) is 84.8 cm³/mol. The molecule has 1 fully saturated rings. The lowest BCUT2D eigenvalue weighted by Crippen LogP contribution is -2.45. The van der Waals surface area contributed by atoms with Gasteiger partial charge < -0.3 is 9.88 Å². The molecule has 0 amide bonds. The summed E-state index contributed by atoms with van der Waals surface area (Å²) < 4.78 is 2.28. The maximum Gasteiger partial charge on any atom is 0.110 e. The normalized spacial score (nSPS) is 19.6. The minimum Gasteiger partial charge on any atom is -0.335 e. The highest BCUT2D eigenvalue weighted by atomic mass is 15.1. The van der Waals surface area contributed by atoms with Gasteiger partial charge in [0.05, 0.1) is 0 Å². The van der Waals surface area contributed by atoms with Gasteiger partial charge in [-0.25, -0.2) is 4.98 Å². The highest BCUT2D eigenvalue weighted by Crippen LogP contribution is 2.46. The van der Waals surface area contributed by atoms with Crippen LogP contribution in [0.1, 0.15) is 58.7 Å². The topological polar surface area (TPSA) is 29.9 Å². The van der Waals surface area contributed by atoms with Crippen LogP contribution in [-0.2, 0) is 13.0 Å². The summed E-state index contributed by atoms with van der Waals surface area (Å²) in [5.74, 6) is 2.01. The van der Waals surface area contributed by atoms with Gasteiger partial charge in [0, 0.05) is 31.4 Å². The first kappa shape index (κ1) is 15.6. The van der Waals surface area contributed by atoms with Crippen molar-refractivity contribution in [3.8, 4) is 0 Å².